The van der Waals surface area contributed by atoms with E-state index >= 15 is 0 Å². The summed E-state index contributed by atoms with van der Waals surface area (Å²) in [5.41, 5.74) is 0.846. The number of rotatable bonds is 3. The number of hydrogen-bond donors (Lipinski definition) is 2. The highest BCUT2D eigenvalue weighted by Gasteiger charge is 2.38. The number of piperazine rings is 1. The Morgan fingerprint density at radius 1 is 1.44 bits per heavy atom. The van der Waals surface area contributed by atoms with Gasteiger partial charge in [0.2, 0.25) is 0 Å². The average Bonchev–Trinajstić information content (AvgIpc) is 3.02. The molecule has 1 amide bonds. The summed E-state index contributed by atoms with van der Waals surface area (Å²) in [6, 6.07) is 0.0145. The van der Waals surface area contributed by atoms with Gasteiger partial charge in [-0.3, -0.25) is 0 Å². The van der Waals surface area contributed by atoms with Crippen LogP contribution in [0.2, 0.25) is 0 Å². The molecule has 2 aliphatic heterocycles. The molecule has 18 heavy (non-hydrogen) atoms. The molecule has 0 aromatic carbocycles. The minimum Gasteiger partial charge on any atom is -0.446 e. The van der Waals surface area contributed by atoms with E-state index < -0.39 is 0 Å². The number of aromatic nitrogens is 3. The Bertz CT molecular complexity index is 403. The van der Waals surface area contributed by atoms with Gasteiger partial charge in [0.05, 0.1) is 17.9 Å². The maximum Gasteiger partial charge on any atom is 0.424 e. The fourth-order valence-corrected chi connectivity index (χ4v) is 2.38. The second-order valence-corrected chi connectivity index (χ2v) is 4.44. The Hall–Kier alpha value is -1.67. The van der Waals surface area contributed by atoms with Gasteiger partial charge in [-0.2, -0.15) is 15.4 Å². The molecule has 98 valence electrons. The molecular formula is C10H16N6O2. The zero-order chi connectivity index (χ0) is 12.4. The molecule has 2 aliphatic rings. The number of hydrazine groups is 1. The van der Waals surface area contributed by atoms with E-state index in [4.69, 9.17) is 4.74 Å². The SMILES string of the molecule is O=C1OCC(Cc2cn[nH]n2)N1N1CCNCC1. The van der Waals surface area contributed by atoms with Crippen LogP contribution in [0.25, 0.3) is 0 Å². The van der Waals surface area contributed by atoms with Crippen molar-refractivity contribution in [2.24, 2.45) is 0 Å². The first-order chi connectivity index (χ1) is 8.84. The predicted octanol–water partition coefficient (Wildman–Crippen LogP) is -1.01. The lowest BCUT2D eigenvalue weighted by atomic mass is 10.2. The van der Waals surface area contributed by atoms with Crippen molar-refractivity contribution in [1.82, 2.24) is 30.7 Å². The molecule has 0 radical (unpaired) electrons. The van der Waals surface area contributed by atoms with Gasteiger partial charge in [-0.05, 0) is 0 Å². The molecule has 3 rings (SSSR count). The number of cyclic esters (lactones) is 1. The highest BCUT2D eigenvalue weighted by Crippen LogP contribution is 2.18. The second-order valence-electron chi connectivity index (χ2n) is 4.44. The number of H-pyrrole nitrogens is 1. The first-order valence-corrected chi connectivity index (χ1v) is 6.11. The van der Waals surface area contributed by atoms with Crippen LogP contribution in [0, 0.1) is 0 Å². The van der Waals surface area contributed by atoms with Gasteiger partial charge < -0.3 is 10.1 Å². The van der Waals surface area contributed by atoms with Crippen molar-refractivity contribution in [2.75, 3.05) is 32.8 Å². The zero-order valence-corrected chi connectivity index (χ0v) is 10.0. The third-order valence-electron chi connectivity index (χ3n) is 3.24. The monoisotopic (exact) mass is 252 g/mol. The second kappa shape index (κ2) is 4.91. The molecule has 1 aromatic rings. The van der Waals surface area contributed by atoms with Crippen molar-refractivity contribution in [1.29, 1.82) is 0 Å². The number of carbonyl (C=O) groups is 1. The maximum absolute atomic E-state index is 11.8. The summed E-state index contributed by atoms with van der Waals surface area (Å²) < 4.78 is 5.15. The van der Waals surface area contributed by atoms with Crippen LogP contribution < -0.4 is 5.32 Å². The van der Waals surface area contributed by atoms with Crippen LogP contribution in [-0.2, 0) is 11.2 Å². The van der Waals surface area contributed by atoms with Gasteiger partial charge in [-0.1, -0.05) is 0 Å². The summed E-state index contributed by atoms with van der Waals surface area (Å²) in [6.45, 7) is 3.84. The Morgan fingerprint density at radius 3 is 3.00 bits per heavy atom. The van der Waals surface area contributed by atoms with Crippen molar-refractivity contribution < 1.29 is 9.53 Å². The van der Waals surface area contributed by atoms with E-state index in [9.17, 15) is 4.79 Å². The van der Waals surface area contributed by atoms with Crippen molar-refractivity contribution in [3.05, 3.63) is 11.9 Å². The molecule has 2 N–H and O–H groups in total. The van der Waals surface area contributed by atoms with E-state index in [2.05, 4.69) is 25.7 Å². The zero-order valence-electron chi connectivity index (χ0n) is 10.0. The topological polar surface area (TPSA) is 86.4 Å². The van der Waals surface area contributed by atoms with Crippen molar-refractivity contribution in [2.45, 2.75) is 12.5 Å². The molecule has 0 saturated carbocycles. The molecule has 0 bridgehead atoms. The van der Waals surface area contributed by atoms with E-state index in [1.807, 2.05) is 0 Å². The number of ether oxygens (including phenoxy) is 1. The maximum atomic E-state index is 11.8. The summed E-state index contributed by atoms with van der Waals surface area (Å²) in [5.74, 6) is 0. The third kappa shape index (κ3) is 2.16. The number of nitrogens with one attached hydrogen (secondary N) is 2. The summed E-state index contributed by atoms with van der Waals surface area (Å²) >= 11 is 0. The number of carbonyl (C=O) groups excluding carboxylic acids is 1. The van der Waals surface area contributed by atoms with Crippen molar-refractivity contribution in [3.63, 3.8) is 0 Å². The highest BCUT2D eigenvalue weighted by molar-refractivity contribution is 5.69. The van der Waals surface area contributed by atoms with Crippen LogP contribution in [0.3, 0.4) is 0 Å². The first kappa shape index (κ1) is 11.4. The van der Waals surface area contributed by atoms with Crippen LogP contribution in [0.4, 0.5) is 4.79 Å². The Morgan fingerprint density at radius 2 is 2.28 bits per heavy atom. The molecule has 8 heteroatoms. The first-order valence-electron chi connectivity index (χ1n) is 6.11. The number of nitrogens with zero attached hydrogens (tertiary/aromatic N) is 4. The van der Waals surface area contributed by atoms with Gasteiger partial charge in [0.25, 0.3) is 0 Å². The van der Waals surface area contributed by atoms with Crippen molar-refractivity contribution >= 4 is 6.09 Å². The van der Waals surface area contributed by atoms with E-state index in [1.54, 1.807) is 11.2 Å². The van der Waals surface area contributed by atoms with Gasteiger partial charge in [-0.25, -0.2) is 14.8 Å². The molecule has 3 heterocycles. The normalized spacial score (nSPS) is 25.4. The Labute approximate surface area is 104 Å². The van der Waals surface area contributed by atoms with Crippen LogP contribution in [-0.4, -0.2) is 70.3 Å². The van der Waals surface area contributed by atoms with E-state index in [0.29, 0.717) is 13.0 Å². The van der Waals surface area contributed by atoms with Gasteiger partial charge in [-0.15, -0.1) is 0 Å². The number of hydrogen-bond acceptors (Lipinski definition) is 6. The van der Waals surface area contributed by atoms with Crippen LogP contribution in [0.5, 0.6) is 0 Å². The Kier molecular flexibility index (Phi) is 3.11. The molecule has 1 aromatic heterocycles. The molecule has 0 aliphatic carbocycles. The quantitative estimate of drug-likeness (QED) is 0.716. The van der Waals surface area contributed by atoms with Gasteiger partial charge in [0.1, 0.15) is 6.61 Å². The fraction of sp³-hybridized carbons (Fsp3) is 0.700. The fourth-order valence-electron chi connectivity index (χ4n) is 2.38. The van der Waals surface area contributed by atoms with Crippen LogP contribution in [0.1, 0.15) is 5.69 Å². The summed E-state index contributed by atoms with van der Waals surface area (Å²) in [7, 11) is 0. The van der Waals surface area contributed by atoms with Gasteiger partial charge in [0, 0.05) is 32.6 Å². The molecule has 1 atom stereocenters. The van der Waals surface area contributed by atoms with Crippen LogP contribution in [0.15, 0.2) is 6.20 Å². The van der Waals surface area contributed by atoms with Gasteiger partial charge >= 0.3 is 6.09 Å². The third-order valence-corrected chi connectivity index (χ3v) is 3.24. The van der Waals surface area contributed by atoms with Gasteiger partial charge in [0.15, 0.2) is 0 Å². The summed E-state index contributed by atoms with van der Waals surface area (Å²) in [5, 5.41) is 17.4. The molecule has 8 nitrogen and oxygen atoms in total. The van der Waals surface area contributed by atoms with E-state index in [0.717, 1.165) is 31.9 Å². The summed E-state index contributed by atoms with van der Waals surface area (Å²) in [4.78, 5) is 11.8. The number of amides is 1. The lowest BCUT2D eigenvalue weighted by Gasteiger charge is -2.36. The van der Waals surface area contributed by atoms with Crippen molar-refractivity contribution in [3.8, 4) is 0 Å². The van der Waals surface area contributed by atoms with E-state index in [-0.39, 0.29) is 12.1 Å². The van der Waals surface area contributed by atoms with E-state index in [1.165, 1.54) is 0 Å². The highest BCUT2D eigenvalue weighted by atomic mass is 16.6. The predicted molar refractivity (Wildman–Crippen MR) is 61.5 cm³/mol. The largest absolute Gasteiger partial charge is 0.446 e. The molecule has 2 saturated heterocycles. The molecule has 1 unspecified atom stereocenters. The average molecular weight is 252 g/mol. The lowest BCUT2D eigenvalue weighted by Crippen LogP contribution is -2.55. The number of aromatic amines is 1. The summed E-state index contributed by atoms with van der Waals surface area (Å²) in [6.07, 6.45) is 2.08. The smallest absolute Gasteiger partial charge is 0.424 e. The molecule has 2 fully saturated rings. The molecule has 0 spiro atoms. The minimum absolute atomic E-state index is 0.0145. The standard InChI is InChI=1S/C10H16N6O2/c17-10-16(15-3-1-11-2-4-15)9(7-18-10)5-8-6-12-14-13-8/h6,9,11H,1-5,7H2,(H,12,13,14). The lowest BCUT2D eigenvalue weighted by molar-refractivity contribution is -0.0108. The minimum atomic E-state index is -0.259. The van der Waals surface area contributed by atoms with Crippen LogP contribution >= 0.6 is 0 Å². The molecular weight excluding hydrogens is 236 g/mol. The Balaban J connectivity index is 1.70.